The zero-order valence-corrected chi connectivity index (χ0v) is 18.2. The minimum Gasteiger partial charge on any atom is -0.343 e. The number of carbonyl (C=O) groups is 1. The van der Waals surface area contributed by atoms with Gasteiger partial charge < -0.3 is 4.90 Å². The average molecular weight is 421 g/mol. The van der Waals surface area contributed by atoms with Gasteiger partial charge in [-0.2, -0.15) is 0 Å². The van der Waals surface area contributed by atoms with Gasteiger partial charge in [0.25, 0.3) is 0 Å². The largest absolute Gasteiger partial charge is 0.343 e. The molecule has 6 heteroatoms. The lowest BCUT2D eigenvalue weighted by molar-refractivity contribution is -0.132. The van der Waals surface area contributed by atoms with Crippen LogP contribution in [0.2, 0.25) is 0 Å². The summed E-state index contributed by atoms with van der Waals surface area (Å²) >= 11 is 1.67. The number of likely N-dealkylation sites (tertiary alicyclic amines) is 1. The molecular weight excluding hydrogens is 392 g/mol. The summed E-state index contributed by atoms with van der Waals surface area (Å²) in [6.45, 7) is 4.09. The Kier molecular flexibility index (Phi) is 6.84. The van der Waals surface area contributed by atoms with Gasteiger partial charge in [-0.05, 0) is 37.3 Å². The molecular formula is C24H28N4OS. The van der Waals surface area contributed by atoms with Gasteiger partial charge in [-0.3, -0.25) is 9.36 Å². The Hall–Kier alpha value is -2.60. The van der Waals surface area contributed by atoms with Crippen molar-refractivity contribution in [3.8, 4) is 17.1 Å². The van der Waals surface area contributed by atoms with E-state index in [1.54, 1.807) is 11.8 Å². The van der Waals surface area contributed by atoms with Crippen molar-refractivity contribution in [2.45, 2.75) is 37.8 Å². The Morgan fingerprint density at radius 3 is 2.37 bits per heavy atom. The molecule has 0 saturated carbocycles. The third-order valence-corrected chi connectivity index (χ3v) is 6.60. The fourth-order valence-corrected chi connectivity index (χ4v) is 4.64. The van der Waals surface area contributed by atoms with Crippen LogP contribution in [-0.2, 0) is 4.79 Å². The van der Waals surface area contributed by atoms with Crippen molar-refractivity contribution in [3.05, 3.63) is 60.7 Å². The van der Waals surface area contributed by atoms with E-state index in [0.29, 0.717) is 6.42 Å². The van der Waals surface area contributed by atoms with E-state index >= 15 is 0 Å². The average Bonchev–Trinajstić information content (AvgIpc) is 3.22. The zero-order chi connectivity index (χ0) is 20.8. The minimum absolute atomic E-state index is 0.289. The maximum atomic E-state index is 12.5. The lowest BCUT2D eigenvalue weighted by atomic mass is 9.99. The monoisotopic (exact) mass is 420 g/mol. The number of aromatic nitrogens is 3. The van der Waals surface area contributed by atoms with Gasteiger partial charge in [-0.25, -0.2) is 0 Å². The van der Waals surface area contributed by atoms with Gasteiger partial charge >= 0.3 is 0 Å². The first-order valence-electron chi connectivity index (χ1n) is 10.7. The summed E-state index contributed by atoms with van der Waals surface area (Å²) in [5, 5.41) is 9.80. The molecule has 2 aromatic carbocycles. The van der Waals surface area contributed by atoms with Crippen molar-refractivity contribution < 1.29 is 4.79 Å². The molecule has 0 aliphatic carbocycles. The van der Waals surface area contributed by atoms with Crippen LogP contribution in [0.25, 0.3) is 17.1 Å². The van der Waals surface area contributed by atoms with Crippen LogP contribution in [0.15, 0.2) is 65.8 Å². The molecule has 156 valence electrons. The predicted molar refractivity (Wildman–Crippen MR) is 122 cm³/mol. The van der Waals surface area contributed by atoms with E-state index in [9.17, 15) is 4.79 Å². The van der Waals surface area contributed by atoms with Crippen LogP contribution in [0, 0.1) is 5.92 Å². The summed E-state index contributed by atoms with van der Waals surface area (Å²) in [6, 6.07) is 20.3. The van der Waals surface area contributed by atoms with E-state index in [1.807, 2.05) is 41.3 Å². The van der Waals surface area contributed by atoms with Crippen LogP contribution in [0.1, 0.15) is 32.6 Å². The van der Waals surface area contributed by atoms with Gasteiger partial charge in [0.1, 0.15) is 0 Å². The van der Waals surface area contributed by atoms with E-state index in [-0.39, 0.29) is 5.91 Å². The number of para-hydroxylation sites is 1. The molecule has 1 aliphatic rings. The number of piperidine rings is 1. The number of rotatable bonds is 7. The molecule has 1 fully saturated rings. The third-order valence-electron chi connectivity index (χ3n) is 5.58. The summed E-state index contributed by atoms with van der Waals surface area (Å²) in [6.07, 6.45) is 3.70. The molecule has 0 atom stereocenters. The summed E-state index contributed by atoms with van der Waals surface area (Å²) in [5.74, 6) is 2.71. The molecule has 0 radical (unpaired) electrons. The van der Waals surface area contributed by atoms with Gasteiger partial charge in [0.2, 0.25) is 5.91 Å². The molecule has 30 heavy (non-hydrogen) atoms. The van der Waals surface area contributed by atoms with E-state index in [4.69, 9.17) is 0 Å². The highest BCUT2D eigenvalue weighted by molar-refractivity contribution is 7.99. The summed E-state index contributed by atoms with van der Waals surface area (Å²) in [4.78, 5) is 14.5. The second kappa shape index (κ2) is 9.94. The first kappa shape index (κ1) is 20.7. The van der Waals surface area contributed by atoms with Crippen LogP contribution in [-0.4, -0.2) is 44.4 Å². The molecule has 5 nitrogen and oxygen atoms in total. The smallest absolute Gasteiger partial charge is 0.222 e. The Morgan fingerprint density at radius 2 is 1.67 bits per heavy atom. The number of benzene rings is 2. The quantitative estimate of drug-likeness (QED) is 0.396. The molecule has 2 heterocycles. The topological polar surface area (TPSA) is 51.0 Å². The van der Waals surface area contributed by atoms with Crippen LogP contribution < -0.4 is 0 Å². The minimum atomic E-state index is 0.289. The van der Waals surface area contributed by atoms with E-state index in [2.05, 4.69) is 46.0 Å². The predicted octanol–water partition coefficient (Wildman–Crippen LogP) is 5.07. The fraction of sp³-hybridized carbons (Fsp3) is 0.375. The molecule has 1 amide bonds. The Bertz CT molecular complexity index is 950. The number of hydrogen-bond donors (Lipinski definition) is 0. The number of nitrogens with zero attached hydrogens (tertiary/aromatic N) is 4. The van der Waals surface area contributed by atoms with E-state index in [1.165, 1.54) is 0 Å². The van der Waals surface area contributed by atoms with Gasteiger partial charge in [-0.15, -0.1) is 10.2 Å². The highest BCUT2D eigenvalue weighted by Crippen LogP contribution is 2.28. The third kappa shape index (κ3) is 4.93. The number of thioether (sulfide) groups is 1. The molecule has 0 unspecified atom stereocenters. The maximum Gasteiger partial charge on any atom is 0.222 e. The zero-order valence-electron chi connectivity index (χ0n) is 17.4. The summed E-state index contributed by atoms with van der Waals surface area (Å²) in [5.41, 5.74) is 2.08. The second-order valence-corrected chi connectivity index (χ2v) is 8.92. The maximum absolute atomic E-state index is 12.5. The molecule has 1 aromatic heterocycles. The first-order valence-corrected chi connectivity index (χ1v) is 11.7. The first-order chi connectivity index (χ1) is 14.7. The standard InChI is InChI=1S/C24H28N4OS/c1-19-14-16-27(17-15-19)22(29)13-8-18-30-24-26-25-23(20-9-4-2-5-10-20)28(24)21-11-6-3-7-12-21/h2-7,9-12,19H,8,13-18H2,1H3. The number of carbonyl (C=O) groups excluding carboxylic acids is 1. The van der Waals surface area contributed by atoms with E-state index in [0.717, 1.165) is 66.3 Å². The lowest BCUT2D eigenvalue weighted by Gasteiger charge is -2.30. The van der Waals surface area contributed by atoms with Crippen LogP contribution in [0.5, 0.6) is 0 Å². The van der Waals surface area contributed by atoms with Crippen LogP contribution in [0.4, 0.5) is 0 Å². The summed E-state index contributed by atoms with van der Waals surface area (Å²) in [7, 11) is 0. The Labute approximate surface area is 182 Å². The van der Waals surface area contributed by atoms with Crippen molar-refractivity contribution >= 4 is 17.7 Å². The van der Waals surface area contributed by atoms with Gasteiger partial charge in [0.15, 0.2) is 11.0 Å². The molecule has 3 aromatic rings. The van der Waals surface area contributed by atoms with Gasteiger partial charge in [0.05, 0.1) is 0 Å². The fourth-order valence-electron chi connectivity index (χ4n) is 3.75. The second-order valence-electron chi connectivity index (χ2n) is 7.86. The van der Waals surface area contributed by atoms with Crippen molar-refractivity contribution in [1.82, 2.24) is 19.7 Å². The molecule has 0 bridgehead atoms. The molecule has 4 rings (SSSR count). The molecule has 0 spiro atoms. The highest BCUT2D eigenvalue weighted by Gasteiger charge is 2.20. The Morgan fingerprint density at radius 1 is 1.00 bits per heavy atom. The normalized spacial score (nSPS) is 14.8. The van der Waals surface area contributed by atoms with Crippen molar-refractivity contribution in [3.63, 3.8) is 0 Å². The number of amides is 1. The molecule has 0 N–H and O–H groups in total. The van der Waals surface area contributed by atoms with Crippen LogP contribution in [0.3, 0.4) is 0 Å². The Balaban J connectivity index is 1.42. The SMILES string of the molecule is CC1CCN(C(=O)CCCSc2nnc(-c3ccccc3)n2-c2ccccc2)CC1. The van der Waals surface area contributed by atoms with Gasteiger partial charge in [0, 0.05) is 36.5 Å². The van der Waals surface area contributed by atoms with Crippen molar-refractivity contribution in [2.75, 3.05) is 18.8 Å². The number of hydrogen-bond acceptors (Lipinski definition) is 4. The van der Waals surface area contributed by atoms with Crippen molar-refractivity contribution in [1.29, 1.82) is 0 Å². The van der Waals surface area contributed by atoms with Crippen LogP contribution >= 0.6 is 11.8 Å². The van der Waals surface area contributed by atoms with E-state index < -0.39 is 0 Å². The summed E-state index contributed by atoms with van der Waals surface area (Å²) < 4.78 is 2.11. The molecule has 1 saturated heterocycles. The van der Waals surface area contributed by atoms with Crippen molar-refractivity contribution in [2.24, 2.45) is 5.92 Å². The lowest BCUT2D eigenvalue weighted by Crippen LogP contribution is -2.37. The molecule has 1 aliphatic heterocycles. The van der Waals surface area contributed by atoms with Gasteiger partial charge in [-0.1, -0.05) is 67.2 Å². The highest BCUT2D eigenvalue weighted by atomic mass is 32.2.